The third kappa shape index (κ3) is 4.78. The van der Waals surface area contributed by atoms with Crippen LogP contribution in [0.5, 0.6) is 0 Å². The Balaban J connectivity index is 1.34. The number of aromatic nitrogens is 4. The average Bonchev–Trinajstić information content (AvgIpc) is 3.57. The van der Waals surface area contributed by atoms with Gasteiger partial charge in [0.25, 0.3) is 0 Å². The predicted molar refractivity (Wildman–Crippen MR) is 145 cm³/mol. The number of imidazole rings is 1. The summed E-state index contributed by atoms with van der Waals surface area (Å²) in [6.45, 7) is 5.67. The van der Waals surface area contributed by atoms with Gasteiger partial charge in [-0.2, -0.15) is 5.10 Å². The Labute approximate surface area is 213 Å². The fourth-order valence-corrected chi connectivity index (χ4v) is 5.30. The minimum atomic E-state index is 0.498. The first-order valence-electron chi connectivity index (χ1n) is 12.0. The summed E-state index contributed by atoms with van der Waals surface area (Å²) in [5, 5.41) is 4.87. The van der Waals surface area contributed by atoms with Crippen LogP contribution in [-0.2, 0) is 11.3 Å². The molecular weight excluding hydrogens is 468 g/mol. The second-order valence-electron chi connectivity index (χ2n) is 8.78. The van der Waals surface area contributed by atoms with Crippen LogP contribution in [0.4, 0.5) is 5.69 Å². The number of morpholine rings is 1. The van der Waals surface area contributed by atoms with E-state index in [1.54, 1.807) is 11.3 Å². The fourth-order valence-electron chi connectivity index (χ4n) is 4.36. The lowest BCUT2D eigenvalue weighted by atomic mass is 10.1. The van der Waals surface area contributed by atoms with Crippen molar-refractivity contribution in [2.24, 2.45) is 4.99 Å². The number of pyridine rings is 1. The van der Waals surface area contributed by atoms with Crippen LogP contribution in [0.3, 0.4) is 0 Å². The zero-order chi connectivity index (χ0) is 24.3. The van der Waals surface area contributed by atoms with E-state index in [0.29, 0.717) is 19.8 Å². The van der Waals surface area contributed by atoms with Gasteiger partial charge < -0.3 is 9.64 Å². The van der Waals surface area contributed by atoms with Crippen molar-refractivity contribution < 1.29 is 4.74 Å². The van der Waals surface area contributed by atoms with Crippen LogP contribution in [0.15, 0.2) is 78.0 Å². The molecule has 7 nitrogen and oxygen atoms in total. The standard InChI is InChI=1S/C28H26N6OS/c1-20-5-4-6-21(15-20)17-29-18-22-16-25(33-11-13-35-14-12-33)28-31-24(19-34(28)32-22)27-9-8-26(36-27)23-7-2-3-10-30-23/h2-10,15-17,19H,11-14,18H2,1H3. The number of hydrogen-bond acceptors (Lipinski definition) is 7. The highest BCUT2D eigenvalue weighted by Gasteiger charge is 2.19. The van der Waals surface area contributed by atoms with Crippen molar-refractivity contribution in [1.29, 1.82) is 0 Å². The molecular formula is C28H26N6OS. The van der Waals surface area contributed by atoms with E-state index in [9.17, 15) is 0 Å². The molecule has 0 N–H and O–H groups in total. The van der Waals surface area contributed by atoms with E-state index in [1.807, 2.05) is 47.4 Å². The Morgan fingerprint density at radius 3 is 2.67 bits per heavy atom. The first-order valence-corrected chi connectivity index (χ1v) is 12.8. The summed E-state index contributed by atoms with van der Waals surface area (Å²) in [7, 11) is 0. The van der Waals surface area contributed by atoms with E-state index in [-0.39, 0.29) is 0 Å². The van der Waals surface area contributed by atoms with Gasteiger partial charge in [-0.1, -0.05) is 35.9 Å². The molecule has 1 aliphatic heterocycles. The molecule has 1 fully saturated rings. The second-order valence-corrected chi connectivity index (χ2v) is 9.86. The van der Waals surface area contributed by atoms with Crippen LogP contribution in [0.1, 0.15) is 16.8 Å². The van der Waals surface area contributed by atoms with Crippen molar-refractivity contribution in [2.75, 3.05) is 31.2 Å². The minimum absolute atomic E-state index is 0.498. The molecule has 0 saturated carbocycles. The summed E-state index contributed by atoms with van der Waals surface area (Å²) in [4.78, 5) is 18.7. The van der Waals surface area contributed by atoms with Gasteiger partial charge >= 0.3 is 0 Å². The number of rotatable bonds is 6. The molecule has 1 aliphatic rings. The Kier molecular flexibility index (Phi) is 6.27. The third-order valence-electron chi connectivity index (χ3n) is 6.12. The van der Waals surface area contributed by atoms with Gasteiger partial charge in [-0.25, -0.2) is 9.50 Å². The summed E-state index contributed by atoms with van der Waals surface area (Å²) >= 11 is 1.69. The van der Waals surface area contributed by atoms with Crippen molar-refractivity contribution in [1.82, 2.24) is 19.6 Å². The number of aliphatic imine (C=N–C) groups is 1. The Morgan fingerprint density at radius 2 is 1.86 bits per heavy atom. The molecule has 0 bridgehead atoms. The molecule has 4 aromatic heterocycles. The van der Waals surface area contributed by atoms with E-state index in [2.05, 4.69) is 58.2 Å². The van der Waals surface area contributed by atoms with Crippen LogP contribution in [0, 0.1) is 6.92 Å². The number of nitrogens with zero attached hydrogens (tertiary/aromatic N) is 6. The Hall–Kier alpha value is -3.88. The van der Waals surface area contributed by atoms with E-state index in [0.717, 1.165) is 56.8 Å². The van der Waals surface area contributed by atoms with Crippen molar-refractivity contribution in [3.8, 4) is 21.1 Å². The number of aryl methyl sites for hydroxylation is 1. The molecule has 1 saturated heterocycles. The van der Waals surface area contributed by atoms with Crippen molar-refractivity contribution in [3.63, 3.8) is 0 Å². The summed E-state index contributed by atoms with van der Waals surface area (Å²) in [5.41, 5.74) is 7.02. The fraction of sp³-hybridized carbons (Fsp3) is 0.214. The number of fused-ring (bicyclic) bond motifs is 1. The van der Waals surface area contributed by atoms with Gasteiger partial charge in [0.05, 0.1) is 52.8 Å². The smallest absolute Gasteiger partial charge is 0.177 e. The van der Waals surface area contributed by atoms with E-state index in [4.69, 9.17) is 14.8 Å². The number of ether oxygens (including phenoxy) is 1. The van der Waals surface area contributed by atoms with Gasteiger partial charge in [0.1, 0.15) is 5.69 Å². The Bertz CT molecular complexity index is 1520. The third-order valence-corrected chi connectivity index (χ3v) is 7.25. The van der Waals surface area contributed by atoms with E-state index < -0.39 is 0 Å². The maximum atomic E-state index is 5.59. The summed E-state index contributed by atoms with van der Waals surface area (Å²) in [6, 6.07) is 20.6. The molecule has 36 heavy (non-hydrogen) atoms. The lowest BCUT2D eigenvalue weighted by molar-refractivity contribution is 0.123. The zero-order valence-electron chi connectivity index (χ0n) is 20.0. The van der Waals surface area contributed by atoms with Gasteiger partial charge in [0.2, 0.25) is 0 Å². The molecule has 0 aliphatic carbocycles. The number of thiophene rings is 1. The summed E-state index contributed by atoms with van der Waals surface area (Å²) in [6.07, 6.45) is 5.75. The number of hydrogen-bond donors (Lipinski definition) is 0. The highest BCUT2D eigenvalue weighted by atomic mass is 32.1. The maximum Gasteiger partial charge on any atom is 0.177 e. The number of benzene rings is 1. The quantitative estimate of drug-likeness (QED) is 0.300. The highest BCUT2D eigenvalue weighted by molar-refractivity contribution is 7.18. The van der Waals surface area contributed by atoms with Crippen LogP contribution in [-0.4, -0.2) is 52.1 Å². The molecule has 1 aromatic carbocycles. The summed E-state index contributed by atoms with van der Waals surface area (Å²) < 4.78 is 7.49. The normalized spacial score (nSPS) is 14.2. The van der Waals surface area contributed by atoms with Crippen LogP contribution in [0.2, 0.25) is 0 Å². The monoisotopic (exact) mass is 494 g/mol. The van der Waals surface area contributed by atoms with Gasteiger partial charge in [-0.3, -0.25) is 9.98 Å². The van der Waals surface area contributed by atoms with Crippen LogP contribution >= 0.6 is 11.3 Å². The van der Waals surface area contributed by atoms with Crippen molar-refractivity contribution in [2.45, 2.75) is 13.5 Å². The molecule has 6 rings (SSSR count). The van der Waals surface area contributed by atoms with Gasteiger partial charge in [0.15, 0.2) is 5.65 Å². The first-order chi connectivity index (χ1) is 17.7. The predicted octanol–water partition coefficient (Wildman–Crippen LogP) is 5.28. The molecule has 0 amide bonds. The van der Waals surface area contributed by atoms with Crippen molar-refractivity contribution in [3.05, 3.63) is 89.9 Å². The molecule has 0 atom stereocenters. The van der Waals surface area contributed by atoms with E-state index >= 15 is 0 Å². The lowest BCUT2D eigenvalue weighted by Gasteiger charge is -2.29. The molecule has 5 heterocycles. The minimum Gasteiger partial charge on any atom is -0.378 e. The summed E-state index contributed by atoms with van der Waals surface area (Å²) in [5.74, 6) is 0. The van der Waals surface area contributed by atoms with E-state index in [1.165, 1.54) is 5.56 Å². The molecule has 0 radical (unpaired) electrons. The topological polar surface area (TPSA) is 67.9 Å². The second kappa shape index (κ2) is 10.0. The molecule has 0 unspecified atom stereocenters. The molecule has 8 heteroatoms. The molecule has 0 spiro atoms. The van der Waals surface area contributed by atoms with Crippen LogP contribution < -0.4 is 4.90 Å². The number of anilines is 1. The molecule has 180 valence electrons. The van der Waals surface area contributed by atoms with Gasteiger partial charge in [-0.05, 0) is 42.8 Å². The zero-order valence-corrected chi connectivity index (χ0v) is 20.9. The SMILES string of the molecule is Cc1cccc(C=NCc2cc(N3CCOCC3)c3nc(-c4ccc(-c5ccccn5)s4)cn3n2)c1. The highest BCUT2D eigenvalue weighted by Crippen LogP contribution is 2.34. The lowest BCUT2D eigenvalue weighted by Crippen LogP contribution is -2.36. The van der Waals surface area contributed by atoms with Crippen molar-refractivity contribution >= 4 is 28.9 Å². The van der Waals surface area contributed by atoms with Crippen LogP contribution in [0.25, 0.3) is 26.8 Å². The van der Waals surface area contributed by atoms with Gasteiger partial charge in [0, 0.05) is 25.5 Å². The average molecular weight is 495 g/mol. The Morgan fingerprint density at radius 1 is 1.00 bits per heavy atom. The molecule has 5 aromatic rings. The van der Waals surface area contributed by atoms with Gasteiger partial charge in [-0.15, -0.1) is 11.3 Å². The largest absolute Gasteiger partial charge is 0.378 e. The maximum absolute atomic E-state index is 5.59. The first kappa shape index (κ1) is 22.6.